The number of hydrogen-bond donors (Lipinski definition) is 1. The summed E-state index contributed by atoms with van der Waals surface area (Å²) in [4.78, 5) is 4.17. The van der Waals surface area contributed by atoms with Crippen LogP contribution in [-0.2, 0) is 11.2 Å². The van der Waals surface area contributed by atoms with Crippen molar-refractivity contribution in [2.75, 3.05) is 13.1 Å². The first-order chi connectivity index (χ1) is 7.29. The van der Waals surface area contributed by atoms with Gasteiger partial charge in [0.1, 0.15) is 11.9 Å². The fourth-order valence-electron chi connectivity index (χ4n) is 1.50. The number of halogens is 1. The summed E-state index contributed by atoms with van der Waals surface area (Å²) in [5.41, 5.74) is 6.05. The van der Waals surface area contributed by atoms with Crippen molar-refractivity contribution in [3.8, 4) is 0 Å². The maximum absolute atomic E-state index is 13.3. The maximum Gasteiger partial charge on any atom is 0.188 e. The third kappa shape index (κ3) is 2.33. The highest BCUT2D eigenvalue weighted by Gasteiger charge is 2.18. The Bertz CT molecular complexity index is 379. The van der Waals surface area contributed by atoms with Crippen LogP contribution >= 0.6 is 0 Å². The smallest absolute Gasteiger partial charge is 0.188 e. The van der Waals surface area contributed by atoms with E-state index in [0.717, 1.165) is 0 Å². The van der Waals surface area contributed by atoms with Crippen molar-refractivity contribution in [3.05, 3.63) is 35.6 Å². The predicted octanol–water partition coefficient (Wildman–Crippen LogP) is 1.12. The second kappa shape index (κ2) is 4.40. The Morgan fingerprint density at radius 3 is 2.93 bits per heavy atom. The van der Waals surface area contributed by atoms with Gasteiger partial charge in [-0.2, -0.15) is 0 Å². The highest BCUT2D eigenvalue weighted by molar-refractivity contribution is 5.80. The number of aliphatic imine (C=N–C) groups is 1. The molecule has 0 aliphatic carbocycles. The van der Waals surface area contributed by atoms with Gasteiger partial charge in [0.2, 0.25) is 0 Å². The first kappa shape index (κ1) is 10.1. The van der Waals surface area contributed by atoms with Crippen LogP contribution in [0, 0.1) is 5.82 Å². The molecule has 0 amide bonds. The summed E-state index contributed by atoms with van der Waals surface area (Å²) in [5, 5.41) is 0. The molecule has 0 radical (unpaired) electrons. The molecule has 1 aliphatic heterocycles. The fraction of sp³-hybridized carbons (Fsp3) is 0.364. The van der Waals surface area contributed by atoms with E-state index in [2.05, 4.69) is 4.99 Å². The summed E-state index contributed by atoms with van der Waals surface area (Å²) in [7, 11) is 0. The molecular weight excluding hydrogens is 195 g/mol. The molecule has 0 bridgehead atoms. The van der Waals surface area contributed by atoms with Crippen LogP contribution in [0.25, 0.3) is 0 Å². The summed E-state index contributed by atoms with van der Waals surface area (Å²) in [6.45, 7) is 1.03. The van der Waals surface area contributed by atoms with Gasteiger partial charge in [-0.15, -0.1) is 0 Å². The van der Waals surface area contributed by atoms with E-state index in [0.29, 0.717) is 31.0 Å². The third-order valence-corrected chi connectivity index (χ3v) is 2.34. The number of rotatable bonds is 3. The SMILES string of the molecule is NCC1CN=C(Cc2ccccc2F)O1. The number of nitrogens with zero attached hydrogens (tertiary/aromatic N) is 1. The molecule has 3 nitrogen and oxygen atoms in total. The van der Waals surface area contributed by atoms with Crippen molar-refractivity contribution in [1.29, 1.82) is 0 Å². The zero-order valence-electron chi connectivity index (χ0n) is 8.32. The average molecular weight is 208 g/mol. The van der Waals surface area contributed by atoms with Crippen molar-refractivity contribution >= 4 is 5.90 Å². The molecule has 4 heteroatoms. The molecule has 1 atom stereocenters. The minimum Gasteiger partial charge on any atom is -0.474 e. The van der Waals surface area contributed by atoms with E-state index < -0.39 is 0 Å². The van der Waals surface area contributed by atoms with Gasteiger partial charge in [0.05, 0.1) is 13.0 Å². The lowest BCUT2D eigenvalue weighted by Gasteiger charge is -2.08. The van der Waals surface area contributed by atoms with Crippen molar-refractivity contribution in [1.82, 2.24) is 0 Å². The van der Waals surface area contributed by atoms with Crippen LogP contribution in [0.5, 0.6) is 0 Å². The first-order valence-electron chi connectivity index (χ1n) is 4.93. The Morgan fingerprint density at radius 1 is 1.47 bits per heavy atom. The molecule has 0 saturated carbocycles. The van der Waals surface area contributed by atoms with Gasteiger partial charge in [0.15, 0.2) is 5.90 Å². The second-order valence-corrected chi connectivity index (χ2v) is 3.48. The van der Waals surface area contributed by atoms with Gasteiger partial charge < -0.3 is 10.5 Å². The molecule has 0 fully saturated rings. The van der Waals surface area contributed by atoms with Gasteiger partial charge in [-0.05, 0) is 11.6 Å². The van der Waals surface area contributed by atoms with Gasteiger partial charge in [-0.25, -0.2) is 4.39 Å². The predicted molar refractivity (Wildman–Crippen MR) is 56.3 cm³/mol. The molecule has 2 N–H and O–H groups in total. The molecule has 1 aliphatic rings. The zero-order chi connectivity index (χ0) is 10.7. The minimum absolute atomic E-state index is 0.0354. The monoisotopic (exact) mass is 208 g/mol. The number of ether oxygens (including phenoxy) is 1. The third-order valence-electron chi connectivity index (χ3n) is 2.34. The summed E-state index contributed by atoms with van der Waals surface area (Å²) >= 11 is 0. The Kier molecular flexibility index (Phi) is 2.97. The summed E-state index contributed by atoms with van der Waals surface area (Å²) in [5.74, 6) is 0.357. The van der Waals surface area contributed by atoms with E-state index in [1.54, 1.807) is 18.2 Å². The van der Waals surface area contributed by atoms with Crippen LogP contribution in [0.4, 0.5) is 4.39 Å². The Morgan fingerprint density at radius 2 is 2.27 bits per heavy atom. The van der Waals surface area contributed by atoms with Crippen LogP contribution < -0.4 is 5.73 Å². The molecular formula is C11H13FN2O. The largest absolute Gasteiger partial charge is 0.474 e. The second-order valence-electron chi connectivity index (χ2n) is 3.48. The standard InChI is InChI=1S/C11H13FN2O/c12-10-4-2-1-3-8(10)5-11-14-7-9(6-13)15-11/h1-4,9H,5-7,13H2. The molecule has 1 unspecified atom stereocenters. The lowest BCUT2D eigenvalue weighted by atomic mass is 10.1. The summed E-state index contributed by atoms with van der Waals surface area (Å²) in [6, 6.07) is 6.63. The minimum atomic E-state index is -0.222. The van der Waals surface area contributed by atoms with E-state index in [1.165, 1.54) is 6.07 Å². The number of nitrogens with two attached hydrogens (primary N) is 1. The van der Waals surface area contributed by atoms with Crippen molar-refractivity contribution < 1.29 is 9.13 Å². The molecule has 1 aromatic rings. The van der Waals surface area contributed by atoms with Crippen LogP contribution in [0.3, 0.4) is 0 Å². The van der Waals surface area contributed by atoms with Gasteiger partial charge in [-0.3, -0.25) is 4.99 Å². The molecule has 2 rings (SSSR count). The average Bonchev–Trinajstić information content (AvgIpc) is 2.69. The lowest BCUT2D eigenvalue weighted by Crippen LogP contribution is -2.24. The normalized spacial score (nSPS) is 19.9. The molecule has 0 aromatic heterocycles. The van der Waals surface area contributed by atoms with E-state index in [4.69, 9.17) is 10.5 Å². The number of hydrogen-bond acceptors (Lipinski definition) is 3. The van der Waals surface area contributed by atoms with Crippen molar-refractivity contribution in [2.24, 2.45) is 10.7 Å². The number of benzene rings is 1. The quantitative estimate of drug-likeness (QED) is 0.809. The highest BCUT2D eigenvalue weighted by atomic mass is 19.1. The molecule has 15 heavy (non-hydrogen) atoms. The van der Waals surface area contributed by atoms with Crippen molar-refractivity contribution in [2.45, 2.75) is 12.5 Å². The summed E-state index contributed by atoms with van der Waals surface area (Å²) in [6.07, 6.45) is 0.371. The molecule has 0 spiro atoms. The summed E-state index contributed by atoms with van der Waals surface area (Å²) < 4.78 is 18.7. The van der Waals surface area contributed by atoms with Gasteiger partial charge in [0, 0.05) is 6.54 Å². The van der Waals surface area contributed by atoms with Crippen LogP contribution in [-0.4, -0.2) is 25.1 Å². The topological polar surface area (TPSA) is 47.6 Å². The van der Waals surface area contributed by atoms with E-state index >= 15 is 0 Å². The maximum atomic E-state index is 13.3. The highest BCUT2D eigenvalue weighted by Crippen LogP contribution is 2.12. The first-order valence-corrected chi connectivity index (χ1v) is 4.93. The fourth-order valence-corrected chi connectivity index (χ4v) is 1.50. The van der Waals surface area contributed by atoms with Crippen LogP contribution in [0.1, 0.15) is 5.56 Å². The Labute approximate surface area is 87.8 Å². The van der Waals surface area contributed by atoms with E-state index in [-0.39, 0.29) is 11.9 Å². The van der Waals surface area contributed by atoms with Crippen LogP contribution in [0.2, 0.25) is 0 Å². The van der Waals surface area contributed by atoms with Crippen LogP contribution in [0.15, 0.2) is 29.3 Å². The van der Waals surface area contributed by atoms with Gasteiger partial charge in [-0.1, -0.05) is 18.2 Å². The Hall–Kier alpha value is -1.42. The van der Waals surface area contributed by atoms with Crippen molar-refractivity contribution in [3.63, 3.8) is 0 Å². The Balaban J connectivity index is 2.02. The zero-order valence-corrected chi connectivity index (χ0v) is 8.32. The van der Waals surface area contributed by atoms with Gasteiger partial charge in [0.25, 0.3) is 0 Å². The molecule has 1 heterocycles. The molecule has 0 saturated heterocycles. The van der Waals surface area contributed by atoms with E-state index in [9.17, 15) is 4.39 Å². The molecule has 80 valence electrons. The van der Waals surface area contributed by atoms with E-state index in [1.807, 2.05) is 0 Å². The molecule has 1 aromatic carbocycles. The lowest BCUT2D eigenvalue weighted by molar-refractivity contribution is 0.228. The van der Waals surface area contributed by atoms with Gasteiger partial charge >= 0.3 is 0 Å².